The van der Waals surface area contributed by atoms with Crippen LogP contribution in [-0.2, 0) is 25.6 Å². The summed E-state index contributed by atoms with van der Waals surface area (Å²) in [6, 6.07) is 6.62. The number of benzene rings is 1. The molecule has 0 unspecified atom stereocenters. The average molecular weight is 391 g/mol. The van der Waals surface area contributed by atoms with Gasteiger partial charge in [-0.15, -0.1) is 0 Å². The second-order valence-corrected chi connectivity index (χ2v) is 7.74. The van der Waals surface area contributed by atoms with Gasteiger partial charge in [0.25, 0.3) is 0 Å². The number of nitrogens with two attached hydrogens (primary N) is 1. The SMILES string of the molecule is COC(=O)[C@@H](N)CCC(=O)N1CCN(C(=O)OC(C)(C)C)Cc2ccccc21. The van der Waals surface area contributed by atoms with Gasteiger partial charge in [-0.2, -0.15) is 0 Å². The van der Waals surface area contributed by atoms with Crippen molar-refractivity contribution in [3.05, 3.63) is 29.8 Å². The third-order valence-electron chi connectivity index (χ3n) is 4.36. The van der Waals surface area contributed by atoms with E-state index in [0.29, 0.717) is 19.6 Å². The summed E-state index contributed by atoms with van der Waals surface area (Å²) < 4.78 is 10.1. The van der Waals surface area contributed by atoms with E-state index in [2.05, 4.69) is 4.74 Å². The zero-order valence-corrected chi connectivity index (χ0v) is 16.9. The fourth-order valence-corrected chi connectivity index (χ4v) is 2.96. The topological polar surface area (TPSA) is 102 Å². The lowest BCUT2D eigenvalue weighted by molar-refractivity contribution is -0.142. The summed E-state index contributed by atoms with van der Waals surface area (Å²) in [4.78, 5) is 40.0. The van der Waals surface area contributed by atoms with Crippen molar-refractivity contribution in [3.63, 3.8) is 0 Å². The Labute approximate surface area is 165 Å². The molecule has 8 heteroatoms. The van der Waals surface area contributed by atoms with E-state index in [1.807, 2.05) is 45.0 Å². The van der Waals surface area contributed by atoms with Crippen LogP contribution in [0.4, 0.5) is 10.5 Å². The summed E-state index contributed by atoms with van der Waals surface area (Å²) >= 11 is 0. The van der Waals surface area contributed by atoms with Crippen LogP contribution in [-0.4, -0.2) is 54.7 Å². The first-order chi connectivity index (χ1) is 13.1. The Kier molecular flexibility index (Phi) is 7.01. The molecule has 28 heavy (non-hydrogen) atoms. The maximum atomic E-state index is 12.8. The number of ether oxygens (including phenoxy) is 2. The lowest BCUT2D eigenvalue weighted by Gasteiger charge is -2.26. The molecule has 0 aliphatic carbocycles. The Morgan fingerprint density at radius 1 is 1.18 bits per heavy atom. The van der Waals surface area contributed by atoms with Gasteiger partial charge in [0.1, 0.15) is 11.6 Å². The first-order valence-corrected chi connectivity index (χ1v) is 9.32. The number of methoxy groups -OCH3 is 1. The molecular formula is C20H29N3O5. The van der Waals surface area contributed by atoms with Crippen molar-refractivity contribution in [1.82, 2.24) is 4.90 Å². The number of anilines is 1. The fourth-order valence-electron chi connectivity index (χ4n) is 2.96. The average Bonchev–Trinajstić information content (AvgIpc) is 2.83. The van der Waals surface area contributed by atoms with Crippen LogP contribution in [0.3, 0.4) is 0 Å². The Morgan fingerprint density at radius 2 is 1.86 bits per heavy atom. The predicted octanol–water partition coefficient (Wildman–Crippen LogP) is 2.05. The molecule has 8 nitrogen and oxygen atoms in total. The standard InChI is InChI=1S/C20H29N3O5/c1-20(2,3)28-19(26)22-11-12-23(16-8-6-5-7-14(16)13-22)17(24)10-9-15(21)18(25)27-4/h5-8,15H,9-13,21H2,1-4H3/t15-/m0/s1. The van der Waals surface area contributed by atoms with Crippen molar-refractivity contribution in [2.24, 2.45) is 5.73 Å². The summed E-state index contributed by atoms with van der Waals surface area (Å²) in [5.41, 5.74) is 6.75. The number of amides is 2. The van der Waals surface area contributed by atoms with Crippen molar-refractivity contribution in [2.75, 3.05) is 25.1 Å². The van der Waals surface area contributed by atoms with Gasteiger partial charge in [-0.1, -0.05) is 18.2 Å². The molecule has 1 aromatic carbocycles. The molecule has 1 heterocycles. The van der Waals surface area contributed by atoms with Crippen LogP contribution in [0, 0.1) is 0 Å². The molecule has 2 amide bonds. The van der Waals surface area contributed by atoms with Gasteiger partial charge in [0.05, 0.1) is 13.7 Å². The molecule has 2 rings (SSSR count). The molecular weight excluding hydrogens is 362 g/mol. The largest absolute Gasteiger partial charge is 0.468 e. The summed E-state index contributed by atoms with van der Waals surface area (Å²) in [6.45, 7) is 6.49. The number of nitrogens with zero attached hydrogens (tertiary/aromatic N) is 2. The van der Waals surface area contributed by atoms with E-state index in [-0.39, 0.29) is 18.7 Å². The zero-order valence-electron chi connectivity index (χ0n) is 16.9. The lowest BCUT2D eigenvalue weighted by atomic mass is 10.1. The number of esters is 1. The van der Waals surface area contributed by atoms with Gasteiger partial charge < -0.3 is 25.0 Å². The predicted molar refractivity (Wildman–Crippen MR) is 105 cm³/mol. The smallest absolute Gasteiger partial charge is 0.410 e. The van der Waals surface area contributed by atoms with Crippen molar-refractivity contribution in [2.45, 2.75) is 51.8 Å². The minimum Gasteiger partial charge on any atom is -0.468 e. The second-order valence-electron chi connectivity index (χ2n) is 7.74. The van der Waals surface area contributed by atoms with Crippen molar-refractivity contribution in [1.29, 1.82) is 0 Å². The highest BCUT2D eigenvalue weighted by Crippen LogP contribution is 2.26. The number of para-hydroxylation sites is 1. The maximum Gasteiger partial charge on any atom is 0.410 e. The number of hydrogen-bond acceptors (Lipinski definition) is 6. The van der Waals surface area contributed by atoms with Crippen molar-refractivity contribution >= 4 is 23.7 Å². The molecule has 0 aromatic heterocycles. The third-order valence-corrected chi connectivity index (χ3v) is 4.36. The van der Waals surface area contributed by atoms with E-state index in [4.69, 9.17) is 10.5 Å². The molecule has 0 saturated carbocycles. The van der Waals surface area contributed by atoms with Gasteiger partial charge in [-0.05, 0) is 38.8 Å². The number of carbonyl (C=O) groups is 3. The number of hydrogen-bond donors (Lipinski definition) is 1. The first-order valence-electron chi connectivity index (χ1n) is 9.32. The van der Waals surface area contributed by atoms with Gasteiger partial charge in [0.15, 0.2) is 0 Å². The van der Waals surface area contributed by atoms with E-state index in [1.165, 1.54) is 7.11 Å². The van der Waals surface area contributed by atoms with Crippen molar-refractivity contribution < 1.29 is 23.9 Å². The second kappa shape index (κ2) is 9.05. The van der Waals surface area contributed by atoms with Crippen LogP contribution in [0.5, 0.6) is 0 Å². The molecule has 1 aromatic rings. The van der Waals surface area contributed by atoms with Gasteiger partial charge in [-0.3, -0.25) is 9.59 Å². The number of rotatable bonds is 4. The summed E-state index contributed by atoms with van der Waals surface area (Å²) in [5.74, 6) is -0.696. The highest BCUT2D eigenvalue weighted by molar-refractivity contribution is 5.94. The summed E-state index contributed by atoms with van der Waals surface area (Å²) in [5, 5.41) is 0. The fraction of sp³-hybridized carbons (Fsp3) is 0.550. The Morgan fingerprint density at radius 3 is 2.50 bits per heavy atom. The number of carbonyl (C=O) groups excluding carboxylic acids is 3. The molecule has 1 atom stereocenters. The molecule has 0 fully saturated rings. The van der Waals surface area contributed by atoms with E-state index in [9.17, 15) is 14.4 Å². The van der Waals surface area contributed by atoms with Crippen LogP contribution in [0.15, 0.2) is 24.3 Å². The lowest BCUT2D eigenvalue weighted by Crippen LogP contribution is -2.41. The van der Waals surface area contributed by atoms with Crippen LogP contribution in [0.2, 0.25) is 0 Å². The normalized spacial score (nSPS) is 15.3. The molecule has 154 valence electrons. The minimum absolute atomic E-state index is 0.108. The van der Waals surface area contributed by atoms with E-state index >= 15 is 0 Å². The molecule has 0 spiro atoms. The van der Waals surface area contributed by atoms with Gasteiger partial charge in [0, 0.05) is 25.2 Å². The molecule has 0 bridgehead atoms. The van der Waals surface area contributed by atoms with Crippen LogP contribution in [0.1, 0.15) is 39.2 Å². The molecule has 2 N–H and O–H groups in total. The monoisotopic (exact) mass is 391 g/mol. The molecule has 0 radical (unpaired) electrons. The third kappa shape index (κ3) is 5.69. The van der Waals surface area contributed by atoms with Gasteiger partial charge in [-0.25, -0.2) is 4.79 Å². The van der Waals surface area contributed by atoms with Gasteiger partial charge >= 0.3 is 12.1 Å². The summed E-state index contributed by atoms with van der Waals surface area (Å²) in [6.07, 6.45) is -0.110. The highest BCUT2D eigenvalue weighted by atomic mass is 16.6. The summed E-state index contributed by atoms with van der Waals surface area (Å²) in [7, 11) is 1.26. The van der Waals surface area contributed by atoms with E-state index in [0.717, 1.165) is 11.3 Å². The Bertz CT molecular complexity index is 729. The first kappa shape index (κ1) is 21.7. The molecule has 1 aliphatic heterocycles. The minimum atomic E-state index is -0.838. The van der Waals surface area contributed by atoms with E-state index in [1.54, 1.807) is 9.80 Å². The highest BCUT2D eigenvalue weighted by Gasteiger charge is 2.29. The molecule has 1 aliphatic rings. The quantitative estimate of drug-likeness (QED) is 0.788. The van der Waals surface area contributed by atoms with Crippen LogP contribution < -0.4 is 10.6 Å². The van der Waals surface area contributed by atoms with E-state index < -0.39 is 23.7 Å². The van der Waals surface area contributed by atoms with Crippen molar-refractivity contribution in [3.8, 4) is 0 Å². The molecule has 0 saturated heterocycles. The maximum absolute atomic E-state index is 12.8. The zero-order chi connectivity index (χ0) is 20.9. The van der Waals surface area contributed by atoms with Crippen LogP contribution in [0.25, 0.3) is 0 Å². The van der Waals surface area contributed by atoms with Gasteiger partial charge in [0.2, 0.25) is 5.91 Å². The number of fused-ring (bicyclic) bond motifs is 1. The Hall–Kier alpha value is -2.61. The Balaban J connectivity index is 2.14. The van der Waals surface area contributed by atoms with Crippen LogP contribution >= 0.6 is 0 Å².